The molecule has 0 atom stereocenters. The van der Waals surface area contributed by atoms with Gasteiger partial charge in [-0.1, -0.05) is 12.1 Å². The van der Waals surface area contributed by atoms with Gasteiger partial charge in [-0.05, 0) is 67.8 Å². The highest BCUT2D eigenvalue weighted by Crippen LogP contribution is 2.24. The zero-order chi connectivity index (χ0) is 15.2. The second-order valence-corrected chi connectivity index (χ2v) is 5.78. The molecule has 6 heteroatoms. The number of benzene rings is 2. The van der Waals surface area contributed by atoms with Crippen LogP contribution in [0.2, 0.25) is 0 Å². The quantitative estimate of drug-likeness (QED) is 0.610. The summed E-state index contributed by atoms with van der Waals surface area (Å²) in [4.78, 5) is 11.9. The Bertz CT molecular complexity index is 687. The van der Waals surface area contributed by atoms with Gasteiger partial charge in [0, 0.05) is 4.47 Å². The Morgan fingerprint density at radius 1 is 1.19 bits per heavy atom. The molecule has 1 amide bonds. The van der Waals surface area contributed by atoms with E-state index in [2.05, 4.69) is 42.4 Å². The van der Waals surface area contributed by atoms with Gasteiger partial charge in [-0.25, -0.2) is 5.43 Å². The van der Waals surface area contributed by atoms with Crippen molar-refractivity contribution in [1.82, 2.24) is 5.43 Å². The zero-order valence-corrected chi connectivity index (χ0v) is 14.3. The van der Waals surface area contributed by atoms with Crippen LogP contribution in [0.15, 0.2) is 56.5 Å². The van der Waals surface area contributed by atoms with Gasteiger partial charge in [-0.2, -0.15) is 5.10 Å². The van der Waals surface area contributed by atoms with Crippen molar-refractivity contribution in [1.29, 1.82) is 0 Å². The largest absolute Gasteiger partial charge is 0.496 e. The minimum absolute atomic E-state index is 0.272. The van der Waals surface area contributed by atoms with E-state index in [1.54, 1.807) is 31.5 Å². The third-order valence-electron chi connectivity index (χ3n) is 2.67. The molecule has 0 radical (unpaired) electrons. The maximum atomic E-state index is 11.9. The van der Waals surface area contributed by atoms with Crippen LogP contribution in [0, 0.1) is 0 Å². The molecule has 0 aliphatic heterocycles. The van der Waals surface area contributed by atoms with Crippen LogP contribution in [-0.4, -0.2) is 19.2 Å². The van der Waals surface area contributed by atoms with Crippen LogP contribution in [-0.2, 0) is 0 Å². The van der Waals surface area contributed by atoms with E-state index in [1.165, 1.54) is 0 Å². The lowest BCUT2D eigenvalue weighted by Crippen LogP contribution is -2.18. The molecule has 2 aromatic rings. The monoisotopic (exact) mass is 410 g/mol. The van der Waals surface area contributed by atoms with Gasteiger partial charge in [0.2, 0.25) is 0 Å². The number of nitrogens with one attached hydrogen (secondary N) is 1. The fourth-order valence-corrected chi connectivity index (χ4v) is 2.66. The number of carbonyl (C=O) groups is 1. The van der Waals surface area contributed by atoms with Crippen molar-refractivity contribution in [2.75, 3.05) is 7.11 Å². The fourth-order valence-electron chi connectivity index (χ4n) is 1.63. The van der Waals surface area contributed by atoms with Crippen molar-refractivity contribution in [2.45, 2.75) is 0 Å². The number of halogens is 2. The molecule has 0 spiro atoms. The van der Waals surface area contributed by atoms with Crippen molar-refractivity contribution < 1.29 is 9.53 Å². The van der Waals surface area contributed by atoms with E-state index < -0.39 is 0 Å². The van der Waals surface area contributed by atoms with Crippen LogP contribution in [0.4, 0.5) is 0 Å². The van der Waals surface area contributed by atoms with E-state index in [1.807, 2.05) is 24.3 Å². The molecule has 0 aromatic heterocycles. The molecule has 108 valence electrons. The third kappa shape index (κ3) is 4.15. The van der Waals surface area contributed by atoms with E-state index in [9.17, 15) is 4.79 Å². The van der Waals surface area contributed by atoms with Crippen molar-refractivity contribution >= 4 is 44.0 Å². The van der Waals surface area contributed by atoms with Crippen LogP contribution in [0.5, 0.6) is 5.75 Å². The maximum Gasteiger partial charge on any atom is 0.272 e. The summed E-state index contributed by atoms with van der Waals surface area (Å²) in [5.41, 5.74) is 3.87. The van der Waals surface area contributed by atoms with Gasteiger partial charge in [-0.15, -0.1) is 0 Å². The molecular weight excluding hydrogens is 400 g/mol. The topological polar surface area (TPSA) is 50.7 Å². The molecule has 2 aromatic carbocycles. The molecule has 0 aliphatic rings. The van der Waals surface area contributed by atoms with Crippen LogP contribution >= 0.6 is 31.9 Å². The Kier molecular flexibility index (Phi) is 5.52. The molecule has 1 N–H and O–H groups in total. The summed E-state index contributed by atoms with van der Waals surface area (Å²) in [6.45, 7) is 0. The summed E-state index contributed by atoms with van der Waals surface area (Å²) in [5.74, 6) is 0.468. The molecule has 0 heterocycles. The second-order valence-electron chi connectivity index (χ2n) is 4.07. The first kappa shape index (κ1) is 15.7. The Morgan fingerprint density at radius 2 is 1.95 bits per heavy atom. The maximum absolute atomic E-state index is 11.9. The Labute approximate surface area is 139 Å². The summed E-state index contributed by atoms with van der Waals surface area (Å²) in [7, 11) is 1.60. The van der Waals surface area contributed by atoms with Gasteiger partial charge in [0.1, 0.15) is 5.75 Å². The van der Waals surface area contributed by atoms with Crippen LogP contribution in [0.1, 0.15) is 15.9 Å². The summed E-state index contributed by atoms with van der Waals surface area (Å²) < 4.78 is 6.70. The molecule has 0 saturated heterocycles. The predicted molar refractivity (Wildman–Crippen MR) is 89.9 cm³/mol. The van der Waals surface area contributed by atoms with E-state index in [4.69, 9.17) is 4.74 Å². The molecule has 0 bridgehead atoms. The predicted octanol–water partition coefficient (Wildman–Crippen LogP) is 3.98. The lowest BCUT2D eigenvalue weighted by atomic mass is 10.2. The minimum Gasteiger partial charge on any atom is -0.496 e. The number of hydrogen-bond donors (Lipinski definition) is 1. The first-order valence-corrected chi connectivity index (χ1v) is 7.62. The number of rotatable bonds is 4. The highest BCUT2D eigenvalue weighted by Gasteiger charge is 2.07. The first-order valence-electron chi connectivity index (χ1n) is 6.03. The fraction of sp³-hybridized carbons (Fsp3) is 0.0667. The Balaban J connectivity index is 2.04. The number of hydrogen-bond acceptors (Lipinski definition) is 3. The van der Waals surface area contributed by atoms with E-state index in [0.29, 0.717) is 5.56 Å². The van der Waals surface area contributed by atoms with Crippen LogP contribution in [0.25, 0.3) is 0 Å². The Hall–Kier alpha value is -1.66. The molecule has 0 unspecified atom stereocenters. The minimum atomic E-state index is -0.272. The van der Waals surface area contributed by atoms with Gasteiger partial charge in [0.15, 0.2) is 0 Å². The van der Waals surface area contributed by atoms with E-state index >= 15 is 0 Å². The number of methoxy groups -OCH3 is 1. The lowest BCUT2D eigenvalue weighted by molar-refractivity contribution is 0.0954. The standard InChI is InChI=1S/C15H12Br2N2O2/c1-21-14-7-6-10(8-13(14)17)9-18-19-15(20)11-4-2-3-5-12(11)16/h2-9H,1H3,(H,19,20). The van der Waals surface area contributed by atoms with E-state index in [-0.39, 0.29) is 5.91 Å². The van der Waals surface area contributed by atoms with Crippen molar-refractivity contribution in [3.05, 3.63) is 62.5 Å². The SMILES string of the molecule is COc1ccc(C=NNC(=O)c2ccccc2Br)cc1Br. The van der Waals surface area contributed by atoms with Crippen molar-refractivity contribution in [3.8, 4) is 5.75 Å². The van der Waals surface area contributed by atoms with Crippen molar-refractivity contribution in [3.63, 3.8) is 0 Å². The average Bonchev–Trinajstić information content (AvgIpc) is 2.48. The van der Waals surface area contributed by atoms with Crippen molar-refractivity contribution in [2.24, 2.45) is 5.10 Å². The van der Waals surface area contributed by atoms with Gasteiger partial charge < -0.3 is 4.74 Å². The number of amides is 1. The molecule has 0 saturated carbocycles. The summed E-state index contributed by atoms with van der Waals surface area (Å²) in [6, 6.07) is 12.7. The van der Waals surface area contributed by atoms with Gasteiger partial charge in [-0.3, -0.25) is 4.79 Å². The molecule has 2 rings (SSSR count). The number of nitrogens with zero attached hydrogens (tertiary/aromatic N) is 1. The molecule has 21 heavy (non-hydrogen) atoms. The zero-order valence-electron chi connectivity index (χ0n) is 11.1. The number of carbonyl (C=O) groups excluding carboxylic acids is 1. The van der Waals surface area contributed by atoms with Crippen LogP contribution in [0.3, 0.4) is 0 Å². The van der Waals surface area contributed by atoms with Gasteiger partial charge >= 0.3 is 0 Å². The normalized spacial score (nSPS) is 10.6. The lowest BCUT2D eigenvalue weighted by Gasteiger charge is -2.04. The second kappa shape index (κ2) is 7.38. The summed E-state index contributed by atoms with van der Waals surface area (Å²) in [5, 5.41) is 3.95. The molecule has 0 fully saturated rings. The molecular formula is C15H12Br2N2O2. The third-order valence-corrected chi connectivity index (χ3v) is 3.99. The van der Waals surface area contributed by atoms with Gasteiger partial charge in [0.25, 0.3) is 5.91 Å². The number of ether oxygens (including phenoxy) is 1. The smallest absolute Gasteiger partial charge is 0.272 e. The van der Waals surface area contributed by atoms with E-state index in [0.717, 1.165) is 20.3 Å². The Morgan fingerprint density at radius 3 is 2.62 bits per heavy atom. The van der Waals surface area contributed by atoms with Gasteiger partial charge in [0.05, 0.1) is 23.4 Å². The highest BCUT2D eigenvalue weighted by atomic mass is 79.9. The summed E-state index contributed by atoms with van der Waals surface area (Å²) in [6.07, 6.45) is 1.57. The number of hydrazone groups is 1. The molecule has 4 nitrogen and oxygen atoms in total. The summed E-state index contributed by atoms with van der Waals surface area (Å²) >= 11 is 6.72. The average molecular weight is 412 g/mol. The van der Waals surface area contributed by atoms with Crippen LogP contribution < -0.4 is 10.2 Å². The first-order chi connectivity index (χ1) is 10.1. The molecule has 0 aliphatic carbocycles. The highest BCUT2D eigenvalue weighted by molar-refractivity contribution is 9.10.